The molecule has 0 radical (unpaired) electrons. The van der Waals surface area contributed by atoms with Crippen molar-refractivity contribution in [2.45, 2.75) is 33.5 Å². The minimum Gasteiger partial charge on any atom is -0.330 e. The molecule has 2 aromatic carbocycles. The molecule has 1 N–H and O–H groups in total. The molecule has 4 nitrogen and oxygen atoms in total. The quantitative estimate of drug-likeness (QED) is 0.640. The highest BCUT2D eigenvalue weighted by Gasteiger charge is 2.17. The number of nitrogens with zero attached hydrogens (tertiary/aromatic N) is 3. The van der Waals surface area contributed by atoms with Crippen molar-refractivity contribution in [1.82, 2.24) is 14.7 Å². The second-order valence-electron chi connectivity index (χ2n) is 6.81. The summed E-state index contributed by atoms with van der Waals surface area (Å²) >= 11 is 7.06. The fraction of sp³-hybridized carbons (Fsp3) is 0.300. The highest BCUT2D eigenvalue weighted by molar-refractivity contribution is 7.73. The normalized spacial score (nSPS) is 14.2. The lowest BCUT2D eigenvalue weighted by Gasteiger charge is -2.28. The number of benzene rings is 2. The monoisotopic (exact) mass is 382 g/mol. The van der Waals surface area contributed by atoms with Gasteiger partial charge in [0, 0.05) is 18.8 Å². The second kappa shape index (κ2) is 7.31. The van der Waals surface area contributed by atoms with E-state index < -0.39 is 0 Å². The fourth-order valence-corrected chi connectivity index (χ4v) is 4.27. The molecule has 1 aliphatic rings. The van der Waals surface area contributed by atoms with E-state index in [4.69, 9.17) is 12.2 Å². The van der Waals surface area contributed by atoms with Gasteiger partial charge in [-0.1, -0.05) is 41.7 Å². The Bertz CT molecular complexity index is 989. The molecule has 1 aromatic heterocycles. The van der Waals surface area contributed by atoms with E-state index in [1.807, 2.05) is 4.68 Å². The molecule has 0 saturated heterocycles. The van der Waals surface area contributed by atoms with Crippen LogP contribution in [0.4, 0.5) is 10.8 Å². The van der Waals surface area contributed by atoms with Gasteiger partial charge in [0.05, 0.1) is 6.67 Å². The van der Waals surface area contributed by atoms with Crippen LogP contribution in [0.5, 0.6) is 0 Å². The Morgan fingerprint density at radius 1 is 1.12 bits per heavy atom. The van der Waals surface area contributed by atoms with Gasteiger partial charge in [0.1, 0.15) is 0 Å². The number of aryl methyl sites for hydroxylation is 2. The summed E-state index contributed by atoms with van der Waals surface area (Å²) in [6, 6.07) is 15.0. The Labute approximate surface area is 163 Å². The zero-order valence-corrected chi connectivity index (χ0v) is 16.7. The first-order valence-electron chi connectivity index (χ1n) is 8.80. The van der Waals surface area contributed by atoms with Gasteiger partial charge in [-0.15, -0.1) is 5.10 Å². The van der Waals surface area contributed by atoms with Crippen LogP contribution in [0.25, 0.3) is 0 Å². The third-order valence-corrected chi connectivity index (χ3v) is 6.13. The largest absolute Gasteiger partial charge is 0.330 e. The highest BCUT2D eigenvalue weighted by Crippen LogP contribution is 2.24. The summed E-state index contributed by atoms with van der Waals surface area (Å²) in [6.45, 7) is 6.97. The predicted molar refractivity (Wildman–Crippen MR) is 111 cm³/mol. The van der Waals surface area contributed by atoms with Crippen molar-refractivity contribution in [2.75, 3.05) is 11.9 Å². The highest BCUT2D eigenvalue weighted by atomic mass is 32.1. The lowest BCUT2D eigenvalue weighted by Crippen LogP contribution is -2.32. The van der Waals surface area contributed by atoms with Gasteiger partial charge in [-0.25, -0.2) is 4.68 Å². The molecule has 0 saturated carbocycles. The minimum atomic E-state index is 0.734. The zero-order valence-electron chi connectivity index (χ0n) is 15.0. The van der Waals surface area contributed by atoms with E-state index in [0.29, 0.717) is 0 Å². The molecule has 0 bridgehead atoms. The Kier molecular flexibility index (Phi) is 4.89. The Balaban J connectivity index is 1.47. The molecule has 26 heavy (non-hydrogen) atoms. The average molecular weight is 383 g/mol. The van der Waals surface area contributed by atoms with Crippen LogP contribution in [-0.4, -0.2) is 21.2 Å². The second-order valence-corrected chi connectivity index (χ2v) is 8.43. The van der Waals surface area contributed by atoms with Crippen molar-refractivity contribution in [2.24, 2.45) is 0 Å². The number of hydrogen-bond acceptors (Lipinski definition) is 5. The lowest BCUT2D eigenvalue weighted by molar-refractivity contribution is 0.189. The van der Waals surface area contributed by atoms with Crippen LogP contribution in [-0.2, 0) is 19.6 Å². The molecule has 0 fully saturated rings. The Morgan fingerprint density at radius 3 is 2.73 bits per heavy atom. The van der Waals surface area contributed by atoms with Crippen LogP contribution >= 0.6 is 23.6 Å². The van der Waals surface area contributed by atoms with Gasteiger partial charge in [0.15, 0.2) is 3.95 Å². The van der Waals surface area contributed by atoms with Crippen LogP contribution in [0.1, 0.15) is 22.3 Å². The first-order chi connectivity index (χ1) is 12.6. The maximum absolute atomic E-state index is 5.53. The van der Waals surface area contributed by atoms with Gasteiger partial charge in [-0.2, -0.15) is 0 Å². The van der Waals surface area contributed by atoms with Gasteiger partial charge < -0.3 is 5.32 Å². The zero-order chi connectivity index (χ0) is 18.1. The third kappa shape index (κ3) is 3.72. The molecule has 2 heterocycles. The molecule has 134 valence electrons. The number of fused-ring (bicyclic) bond motifs is 1. The summed E-state index contributed by atoms with van der Waals surface area (Å²) in [5, 5.41) is 8.92. The van der Waals surface area contributed by atoms with E-state index in [2.05, 4.69) is 71.6 Å². The Hall–Kier alpha value is -2.02. The molecule has 4 rings (SSSR count). The molecule has 0 spiro atoms. The molecule has 0 amide bonds. The standard InChI is InChI=1S/C20H22N4S2/c1-14-7-8-18(11-15(14)2)21-19-22-24(20(25)26-19)13-23-10-9-16-5-3-4-6-17(16)12-23/h3-8,11H,9-10,12-13H2,1-2H3,(H,21,22). The maximum Gasteiger partial charge on any atom is 0.209 e. The summed E-state index contributed by atoms with van der Waals surface area (Å²) in [5.41, 5.74) is 6.48. The topological polar surface area (TPSA) is 33.1 Å². The van der Waals surface area contributed by atoms with E-state index in [1.165, 1.54) is 33.6 Å². The Morgan fingerprint density at radius 2 is 1.92 bits per heavy atom. The molecule has 0 unspecified atom stereocenters. The van der Waals surface area contributed by atoms with E-state index in [1.54, 1.807) is 0 Å². The smallest absolute Gasteiger partial charge is 0.209 e. The average Bonchev–Trinajstić information content (AvgIpc) is 2.97. The van der Waals surface area contributed by atoms with Crippen LogP contribution in [0.2, 0.25) is 0 Å². The van der Waals surface area contributed by atoms with Crippen LogP contribution < -0.4 is 5.32 Å². The maximum atomic E-state index is 5.53. The van der Waals surface area contributed by atoms with Crippen molar-refractivity contribution in [1.29, 1.82) is 0 Å². The van der Waals surface area contributed by atoms with E-state index in [9.17, 15) is 0 Å². The number of aromatic nitrogens is 2. The van der Waals surface area contributed by atoms with Crippen molar-refractivity contribution in [3.05, 3.63) is 68.7 Å². The van der Waals surface area contributed by atoms with Crippen molar-refractivity contribution < 1.29 is 0 Å². The fourth-order valence-electron chi connectivity index (χ4n) is 3.25. The van der Waals surface area contributed by atoms with Gasteiger partial charge >= 0.3 is 0 Å². The SMILES string of the molecule is Cc1ccc(Nc2nn(CN3CCc4ccccc4C3)c(=S)s2)cc1C. The van der Waals surface area contributed by atoms with Gasteiger partial charge in [0.25, 0.3) is 0 Å². The third-order valence-electron chi connectivity index (χ3n) is 4.91. The van der Waals surface area contributed by atoms with E-state index in [-0.39, 0.29) is 0 Å². The molecular formula is C20H22N4S2. The van der Waals surface area contributed by atoms with Gasteiger partial charge in [-0.05, 0) is 66.9 Å². The molecule has 0 atom stereocenters. The number of hydrogen-bond donors (Lipinski definition) is 1. The van der Waals surface area contributed by atoms with Crippen molar-refractivity contribution in [3.8, 4) is 0 Å². The molecular weight excluding hydrogens is 360 g/mol. The van der Waals surface area contributed by atoms with E-state index >= 15 is 0 Å². The summed E-state index contributed by atoms with van der Waals surface area (Å²) in [5.74, 6) is 0. The van der Waals surface area contributed by atoms with Crippen molar-refractivity contribution >= 4 is 34.4 Å². The lowest BCUT2D eigenvalue weighted by atomic mass is 10.0. The minimum absolute atomic E-state index is 0.734. The first-order valence-corrected chi connectivity index (χ1v) is 10.0. The number of anilines is 2. The molecule has 6 heteroatoms. The molecule has 3 aromatic rings. The van der Waals surface area contributed by atoms with Gasteiger partial charge in [0.2, 0.25) is 5.13 Å². The van der Waals surface area contributed by atoms with Crippen molar-refractivity contribution in [3.63, 3.8) is 0 Å². The summed E-state index contributed by atoms with van der Waals surface area (Å²) in [6.07, 6.45) is 1.08. The number of nitrogens with one attached hydrogen (secondary N) is 1. The summed E-state index contributed by atoms with van der Waals surface area (Å²) in [7, 11) is 0. The molecule has 1 aliphatic heterocycles. The van der Waals surface area contributed by atoms with Crippen LogP contribution in [0.3, 0.4) is 0 Å². The number of rotatable bonds is 4. The summed E-state index contributed by atoms with van der Waals surface area (Å²) < 4.78 is 2.73. The van der Waals surface area contributed by atoms with Gasteiger partial charge in [-0.3, -0.25) is 4.90 Å². The van der Waals surface area contributed by atoms with Crippen LogP contribution in [0, 0.1) is 17.8 Å². The van der Waals surface area contributed by atoms with Crippen LogP contribution in [0.15, 0.2) is 42.5 Å². The first kappa shape index (κ1) is 17.4. The molecule has 0 aliphatic carbocycles. The summed E-state index contributed by atoms with van der Waals surface area (Å²) in [4.78, 5) is 2.40. The predicted octanol–water partition coefficient (Wildman–Crippen LogP) is 5.05. The van der Waals surface area contributed by atoms with E-state index in [0.717, 1.165) is 41.0 Å².